The zero-order valence-electron chi connectivity index (χ0n) is 6.94. The van der Waals surface area contributed by atoms with E-state index in [0.717, 1.165) is 22.3 Å². The van der Waals surface area contributed by atoms with Gasteiger partial charge in [0.25, 0.3) is 0 Å². The summed E-state index contributed by atoms with van der Waals surface area (Å²) < 4.78 is 0. The molecule has 0 fully saturated rings. The van der Waals surface area contributed by atoms with Gasteiger partial charge in [-0.3, -0.25) is 0 Å². The van der Waals surface area contributed by atoms with Crippen molar-refractivity contribution in [3.05, 3.63) is 23.7 Å². The van der Waals surface area contributed by atoms with E-state index in [1.807, 2.05) is 19.9 Å². The first-order valence-electron chi connectivity index (χ1n) is 3.70. The summed E-state index contributed by atoms with van der Waals surface area (Å²) >= 11 is 0. The number of nitrogens with zero attached hydrogens (tertiary/aromatic N) is 4. The summed E-state index contributed by atoms with van der Waals surface area (Å²) in [6, 6.07) is 1.95. The fraction of sp³-hybridized carbons (Fsp3) is 0.250. The van der Waals surface area contributed by atoms with Crippen molar-refractivity contribution in [3.8, 4) is 0 Å². The molecule has 0 N–H and O–H groups in total. The molecule has 0 amide bonds. The maximum atomic E-state index is 4.03. The number of aromatic nitrogens is 4. The summed E-state index contributed by atoms with van der Waals surface area (Å²) in [6.45, 7) is 3.78. The predicted octanol–water partition coefficient (Wildman–Crippen LogP) is 1.04. The standard InChI is InChI=1S/C8H8N4/c1-5-3-7-4-9-11-6(2)8(7)12-10-5/h3-4H,1-2H3. The molecule has 4 heteroatoms. The molecule has 0 spiro atoms. The first-order chi connectivity index (χ1) is 5.77. The molecule has 0 unspecified atom stereocenters. The minimum Gasteiger partial charge on any atom is -0.158 e. The van der Waals surface area contributed by atoms with E-state index in [1.165, 1.54) is 0 Å². The van der Waals surface area contributed by atoms with Gasteiger partial charge in [-0.05, 0) is 19.9 Å². The van der Waals surface area contributed by atoms with Gasteiger partial charge in [-0.2, -0.15) is 15.3 Å². The summed E-state index contributed by atoms with van der Waals surface area (Å²) in [7, 11) is 0. The highest BCUT2D eigenvalue weighted by molar-refractivity contribution is 5.78. The van der Waals surface area contributed by atoms with Crippen LogP contribution in [0.5, 0.6) is 0 Å². The van der Waals surface area contributed by atoms with Crippen LogP contribution in [0.2, 0.25) is 0 Å². The third-order valence-electron chi connectivity index (χ3n) is 1.69. The first kappa shape index (κ1) is 7.09. The summed E-state index contributed by atoms with van der Waals surface area (Å²) in [6.07, 6.45) is 1.70. The Morgan fingerprint density at radius 1 is 1.08 bits per heavy atom. The molecule has 60 valence electrons. The highest BCUT2D eigenvalue weighted by Crippen LogP contribution is 2.10. The Hall–Kier alpha value is -1.58. The first-order valence-corrected chi connectivity index (χ1v) is 3.70. The summed E-state index contributed by atoms with van der Waals surface area (Å²) in [5.41, 5.74) is 2.55. The average Bonchev–Trinajstić information content (AvgIpc) is 2.04. The Kier molecular flexibility index (Phi) is 1.46. The van der Waals surface area contributed by atoms with E-state index in [4.69, 9.17) is 0 Å². The van der Waals surface area contributed by atoms with Gasteiger partial charge in [-0.15, -0.1) is 5.10 Å². The van der Waals surface area contributed by atoms with E-state index in [9.17, 15) is 0 Å². The Labute approximate surface area is 69.7 Å². The second kappa shape index (κ2) is 2.48. The van der Waals surface area contributed by atoms with Crippen LogP contribution in [0.15, 0.2) is 12.3 Å². The van der Waals surface area contributed by atoms with E-state index < -0.39 is 0 Å². The molecule has 0 aliphatic carbocycles. The molecule has 0 aliphatic heterocycles. The van der Waals surface area contributed by atoms with Crippen LogP contribution in [0.1, 0.15) is 11.4 Å². The lowest BCUT2D eigenvalue weighted by molar-refractivity contribution is 0.957. The minimum absolute atomic E-state index is 0.819. The highest BCUT2D eigenvalue weighted by Gasteiger charge is 2.00. The van der Waals surface area contributed by atoms with Crippen LogP contribution in [-0.4, -0.2) is 20.4 Å². The van der Waals surface area contributed by atoms with Crippen LogP contribution in [-0.2, 0) is 0 Å². The van der Waals surface area contributed by atoms with Crippen LogP contribution in [0, 0.1) is 13.8 Å². The van der Waals surface area contributed by atoms with Crippen LogP contribution in [0.4, 0.5) is 0 Å². The molecule has 4 nitrogen and oxygen atoms in total. The largest absolute Gasteiger partial charge is 0.158 e. The molecule has 0 radical (unpaired) electrons. The fourth-order valence-electron chi connectivity index (χ4n) is 1.11. The van der Waals surface area contributed by atoms with Crippen LogP contribution in [0.3, 0.4) is 0 Å². The van der Waals surface area contributed by atoms with Crippen molar-refractivity contribution in [3.63, 3.8) is 0 Å². The van der Waals surface area contributed by atoms with Gasteiger partial charge in [-0.1, -0.05) is 0 Å². The third kappa shape index (κ3) is 1.01. The summed E-state index contributed by atoms with van der Waals surface area (Å²) in [5, 5.41) is 16.7. The van der Waals surface area contributed by atoms with E-state index in [1.54, 1.807) is 6.20 Å². The van der Waals surface area contributed by atoms with E-state index in [2.05, 4.69) is 20.4 Å². The Morgan fingerprint density at radius 3 is 2.75 bits per heavy atom. The molecule has 0 bridgehead atoms. The van der Waals surface area contributed by atoms with E-state index in [0.29, 0.717) is 0 Å². The molecular formula is C8H8N4. The van der Waals surface area contributed by atoms with Crippen molar-refractivity contribution in [2.24, 2.45) is 0 Å². The number of rotatable bonds is 0. The monoisotopic (exact) mass is 160 g/mol. The maximum Gasteiger partial charge on any atom is 0.118 e. The van der Waals surface area contributed by atoms with Crippen molar-refractivity contribution >= 4 is 10.9 Å². The molecular weight excluding hydrogens is 152 g/mol. The van der Waals surface area contributed by atoms with Crippen molar-refractivity contribution in [1.82, 2.24) is 20.4 Å². The molecule has 0 aliphatic rings. The van der Waals surface area contributed by atoms with Gasteiger partial charge >= 0.3 is 0 Å². The van der Waals surface area contributed by atoms with Crippen molar-refractivity contribution in [2.75, 3.05) is 0 Å². The van der Waals surface area contributed by atoms with Gasteiger partial charge in [-0.25, -0.2) is 0 Å². The topological polar surface area (TPSA) is 51.6 Å². The SMILES string of the molecule is Cc1cc2cnnc(C)c2nn1. The Bertz CT molecular complexity index is 424. The molecule has 0 aromatic carbocycles. The van der Waals surface area contributed by atoms with E-state index in [-0.39, 0.29) is 0 Å². The van der Waals surface area contributed by atoms with Crippen molar-refractivity contribution in [2.45, 2.75) is 13.8 Å². The van der Waals surface area contributed by atoms with Crippen LogP contribution < -0.4 is 0 Å². The number of fused-ring (bicyclic) bond motifs is 1. The predicted molar refractivity (Wildman–Crippen MR) is 44.6 cm³/mol. The second-order valence-corrected chi connectivity index (χ2v) is 2.72. The zero-order valence-corrected chi connectivity index (χ0v) is 6.94. The smallest absolute Gasteiger partial charge is 0.118 e. The third-order valence-corrected chi connectivity index (χ3v) is 1.69. The number of aryl methyl sites for hydroxylation is 2. The highest BCUT2D eigenvalue weighted by atomic mass is 15.1. The lowest BCUT2D eigenvalue weighted by Gasteiger charge is -1.97. The zero-order chi connectivity index (χ0) is 8.55. The lowest BCUT2D eigenvalue weighted by atomic mass is 10.2. The molecule has 2 rings (SSSR count). The van der Waals surface area contributed by atoms with Gasteiger partial charge in [0.05, 0.1) is 17.6 Å². The van der Waals surface area contributed by atoms with Crippen molar-refractivity contribution in [1.29, 1.82) is 0 Å². The van der Waals surface area contributed by atoms with Crippen LogP contribution >= 0.6 is 0 Å². The fourth-order valence-corrected chi connectivity index (χ4v) is 1.11. The van der Waals surface area contributed by atoms with Gasteiger partial charge in [0, 0.05) is 5.39 Å². The number of hydrogen-bond donors (Lipinski definition) is 0. The van der Waals surface area contributed by atoms with Crippen LogP contribution in [0.25, 0.3) is 10.9 Å². The molecule has 2 aromatic heterocycles. The molecule has 0 saturated heterocycles. The van der Waals surface area contributed by atoms with E-state index >= 15 is 0 Å². The summed E-state index contributed by atoms with van der Waals surface area (Å²) in [5.74, 6) is 0. The molecule has 12 heavy (non-hydrogen) atoms. The lowest BCUT2D eigenvalue weighted by Crippen LogP contribution is -1.93. The van der Waals surface area contributed by atoms with Gasteiger partial charge in [0.15, 0.2) is 0 Å². The molecule has 0 saturated carbocycles. The van der Waals surface area contributed by atoms with Crippen molar-refractivity contribution < 1.29 is 0 Å². The average molecular weight is 160 g/mol. The Morgan fingerprint density at radius 2 is 1.92 bits per heavy atom. The molecule has 2 aromatic rings. The Balaban J connectivity index is 2.86. The van der Waals surface area contributed by atoms with Gasteiger partial charge in [0.2, 0.25) is 0 Å². The normalized spacial score (nSPS) is 10.5. The number of hydrogen-bond acceptors (Lipinski definition) is 4. The van der Waals surface area contributed by atoms with Gasteiger partial charge in [0.1, 0.15) is 5.52 Å². The minimum atomic E-state index is 0.819. The summed E-state index contributed by atoms with van der Waals surface area (Å²) in [4.78, 5) is 0. The second-order valence-electron chi connectivity index (χ2n) is 2.72. The van der Waals surface area contributed by atoms with Gasteiger partial charge < -0.3 is 0 Å². The maximum absolute atomic E-state index is 4.03. The molecule has 2 heterocycles. The molecule has 0 atom stereocenters. The quantitative estimate of drug-likeness (QED) is 0.577.